The maximum atomic E-state index is 6.98. The fraction of sp³-hybridized carbons (Fsp3) is 0.389. The summed E-state index contributed by atoms with van der Waals surface area (Å²) >= 11 is 14.5. The SMILES string of the molecule is Cc1c(O[Si](C)(C)C(C)(C)C)ccc2c(C=C(Br)Br)cc3cc(C=C(Br)Br)c4ccc(O[Si](C)(C)C(C)(C)C)c(C)c4c3c12. The Balaban J connectivity index is 2.25. The van der Waals surface area contributed by atoms with Crippen LogP contribution in [0.2, 0.25) is 36.3 Å². The van der Waals surface area contributed by atoms with Crippen molar-refractivity contribution < 1.29 is 8.85 Å². The molecular weight excluding hydrogens is 840 g/mol. The maximum Gasteiger partial charge on any atom is 0.250 e. The normalized spacial score (nSPS) is 13.0. The van der Waals surface area contributed by atoms with Crippen molar-refractivity contribution >= 4 is 125 Å². The summed E-state index contributed by atoms with van der Waals surface area (Å²) in [6.07, 6.45) is 4.28. The fourth-order valence-corrected chi connectivity index (χ4v) is 8.29. The van der Waals surface area contributed by atoms with Gasteiger partial charge in [-0.1, -0.05) is 53.7 Å². The number of benzene rings is 4. The second kappa shape index (κ2) is 12.6. The van der Waals surface area contributed by atoms with E-state index in [9.17, 15) is 0 Å². The van der Waals surface area contributed by atoms with E-state index in [2.05, 4.69) is 194 Å². The van der Waals surface area contributed by atoms with Gasteiger partial charge in [-0.2, -0.15) is 0 Å². The summed E-state index contributed by atoms with van der Waals surface area (Å²) in [4.78, 5) is 0. The van der Waals surface area contributed by atoms with Crippen molar-refractivity contribution in [2.24, 2.45) is 0 Å². The van der Waals surface area contributed by atoms with Gasteiger partial charge in [-0.25, -0.2) is 0 Å². The van der Waals surface area contributed by atoms with Gasteiger partial charge in [0.25, 0.3) is 0 Å². The monoisotopic (exact) mass is 880 g/mol. The number of hydrogen-bond acceptors (Lipinski definition) is 2. The molecule has 0 aliphatic heterocycles. The topological polar surface area (TPSA) is 18.5 Å². The molecule has 2 nitrogen and oxygen atoms in total. The molecule has 4 rings (SSSR count). The molecule has 0 aliphatic carbocycles. The minimum atomic E-state index is -2.08. The van der Waals surface area contributed by atoms with E-state index in [1.54, 1.807) is 0 Å². The summed E-state index contributed by atoms with van der Waals surface area (Å²) in [6.45, 7) is 27.5. The molecule has 0 atom stereocenters. The van der Waals surface area contributed by atoms with Crippen LogP contribution in [0, 0.1) is 13.8 Å². The van der Waals surface area contributed by atoms with Crippen molar-refractivity contribution in [3.8, 4) is 11.5 Å². The van der Waals surface area contributed by atoms with E-state index in [-0.39, 0.29) is 10.1 Å². The van der Waals surface area contributed by atoms with Gasteiger partial charge in [-0.15, -0.1) is 0 Å². The van der Waals surface area contributed by atoms with Gasteiger partial charge < -0.3 is 8.85 Å². The zero-order chi connectivity index (χ0) is 33.2. The molecule has 0 saturated heterocycles. The molecule has 0 radical (unpaired) electrons. The summed E-state index contributed by atoms with van der Waals surface area (Å²) < 4.78 is 15.8. The first-order valence-electron chi connectivity index (χ1n) is 15.0. The zero-order valence-corrected chi connectivity index (χ0v) is 36.3. The Morgan fingerprint density at radius 2 is 0.932 bits per heavy atom. The Morgan fingerprint density at radius 1 is 0.591 bits per heavy atom. The van der Waals surface area contributed by atoms with Crippen LogP contribution < -0.4 is 8.85 Å². The zero-order valence-electron chi connectivity index (χ0n) is 27.9. The average Bonchev–Trinajstić information content (AvgIpc) is 2.85. The number of aryl methyl sites for hydroxylation is 2. The van der Waals surface area contributed by atoms with Crippen molar-refractivity contribution in [3.63, 3.8) is 0 Å². The number of hydrogen-bond donors (Lipinski definition) is 0. The third-order valence-corrected chi connectivity index (χ3v) is 19.3. The van der Waals surface area contributed by atoms with Crippen molar-refractivity contribution in [2.45, 2.75) is 91.7 Å². The Labute approximate surface area is 299 Å². The summed E-state index contributed by atoms with van der Waals surface area (Å²) in [5, 5.41) is 7.40. The van der Waals surface area contributed by atoms with Crippen molar-refractivity contribution in [2.75, 3.05) is 0 Å². The van der Waals surface area contributed by atoms with Crippen LogP contribution in [0.3, 0.4) is 0 Å². The highest BCUT2D eigenvalue weighted by Gasteiger charge is 2.40. The van der Waals surface area contributed by atoms with Gasteiger partial charge in [0, 0.05) is 0 Å². The van der Waals surface area contributed by atoms with Gasteiger partial charge in [-0.3, -0.25) is 0 Å². The minimum absolute atomic E-state index is 0.0887. The first kappa shape index (κ1) is 35.9. The fourth-order valence-electron chi connectivity index (χ4n) is 5.15. The van der Waals surface area contributed by atoms with Crippen LogP contribution in [0.25, 0.3) is 44.5 Å². The molecule has 0 spiro atoms. The van der Waals surface area contributed by atoms with Gasteiger partial charge in [0.2, 0.25) is 16.6 Å². The van der Waals surface area contributed by atoms with Gasteiger partial charge in [0.05, 0.1) is 6.78 Å². The standard InChI is InChI=1S/C36H44Br4O2Si2/c1-21-28(41-43(9,10)35(3,4)5)15-13-26-23(19-30(37)38)17-25-18-24(20-31(39)40)27-14-16-29(42-44(11,12)36(6,7)8)22(2)33(27)34(25)32(21)26/h13-20H,1-12H3. The summed E-state index contributed by atoms with van der Waals surface area (Å²) in [5.74, 6) is 1.94. The molecule has 236 valence electrons. The van der Waals surface area contributed by atoms with E-state index >= 15 is 0 Å². The maximum absolute atomic E-state index is 6.98. The molecule has 8 heteroatoms. The van der Waals surface area contributed by atoms with E-state index in [0.717, 1.165) is 29.4 Å². The first-order valence-corrected chi connectivity index (χ1v) is 23.9. The molecule has 0 saturated carbocycles. The van der Waals surface area contributed by atoms with E-state index in [1.165, 1.54) is 43.4 Å². The lowest BCUT2D eigenvalue weighted by Crippen LogP contribution is -2.44. The molecule has 0 fully saturated rings. The molecule has 0 amide bonds. The Morgan fingerprint density at radius 3 is 1.23 bits per heavy atom. The van der Waals surface area contributed by atoms with Crippen LogP contribution in [0.5, 0.6) is 11.5 Å². The van der Waals surface area contributed by atoms with Crippen LogP contribution in [0.1, 0.15) is 63.8 Å². The Hall–Kier alpha value is -0.906. The molecule has 4 aromatic rings. The molecule has 0 aliphatic rings. The van der Waals surface area contributed by atoms with E-state index in [4.69, 9.17) is 8.85 Å². The minimum Gasteiger partial charge on any atom is -0.543 e. The van der Waals surface area contributed by atoms with Crippen molar-refractivity contribution in [1.29, 1.82) is 0 Å². The summed E-state index contributed by atoms with van der Waals surface area (Å²) in [6, 6.07) is 13.4. The van der Waals surface area contributed by atoms with Gasteiger partial charge in [0.15, 0.2) is 0 Å². The quantitative estimate of drug-likeness (QED) is 0.142. The summed E-state index contributed by atoms with van der Waals surface area (Å²) in [7, 11) is -4.16. The smallest absolute Gasteiger partial charge is 0.250 e. The highest BCUT2D eigenvalue weighted by molar-refractivity contribution is 9.28. The van der Waals surface area contributed by atoms with E-state index in [0.29, 0.717) is 0 Å². The first-order chi connectivity index (χ1) is 20.1. The van der Waals surface area contributed by atoms with Gasteiger partial charge in [0.1, 0.15) is 11.5 Å². The van der Waals surface area contributed by atoms with Crippen LogP contribution in [-0.2, 0) is 0 Å². The van der Waals surface area contributed by atoms with E-state index < -0.39 is 16.6 Å². The Bertz CT molecular complexity index is 1700. The lowest BCUT2D eigenvalue weighted by atomic mass is 9.87. The third kappa shape index (κ3) is 7.01. The molecule has 0 unspecified atom stereocenters. The molecule has 0 heterocycles. The highest BCUT2D eigenvalue weighted by Crippen LogP contribution is 2.47. The lowest BCUT2D eigenvalue weighted by molar-refractivity contribution is 0.490. The molecular formula is C36H44Br4O2Si2. The molecule has 0 bridgehead atoms. The van der Waals surface area contributed by atoms with Gasteiger partial charge >= 0.3 is 0 Å². The molecule has 4 aromatic carbocycles. The molecule has 0 N–H and O–H groups in total. The largest absolute Gasteiger partial charge is 0.543 e. The highest BCUT2D eigenvalue weighted by atomic mass is 79.9. The Kier molecular flexibility index (Phi) is 10.3. The van der Waals surface area contributed by atoms with Crippen LogP contribution >= 0.6 is 63.7 Å². The predicted octanol–water partition coefficient (Wildman–Crippen LogP) is 14.7. The molecule has 0 aromatic heterocycles. The molecule has 44 heavy (non-hydrogen) atoms. The summed E-state index contributed by atoms with van der Waals surface area (Å²) in [5.41, 5.74) is 4.60. The third-order valence-electron chi connectivity index (χ3n) is 9.74. The second-order valence-corrected chi connectivity index (χ2v) is 29.8. The number of fused-ring (bicyclic) bond motifs is 5. The lowest BCUT2D eigenvalue weighted by Gasteiger charge is -2.37. The van der Waals surface area contributed by atoms with Crippen LogP contribution in [0.4, 0.5) is 0 Å². The number of rotatable bonds is 6. The van der Waals surface area contributed by atoms with E-state index in [1.807, 2.05) is 0 Å². The van der Waals surface area contributed by atoms with Gasteiger partial charge in [-0.05, 0) is 205 Å². The van der Waals surface area contributed by atoms with Crippen LogP contribution in [0.15, 0.2) is 43.2 Å². The van der Waals surface area contributed by atoms with Crippen LogP contribution in [-0.4, -0.2) is 16.6 Å². The predicted molar refractivity (Wildman–Crippen MR) is 216 cm³/mol. The number of halogens is 4. The van der Waals surface area contributed by atoms with Crippen molar-refractivity contribution in [1.82, 2.24) is 0 Å². The van der Waals surface area contributed by atoms with Crippen molar-refractivity contribution in [3.05, 3.63) is 65.4 Å². The second-order valence-electron chi connectivity index (χ2n) is 14.8. The average molecular weight is 885 g/mol.